The molecule has 2 aliphatic rings. The van der Waals surface area contributed by atoms with E-state index in [0.29, 0.717) is 6.54 Å². The van der Waals surface area contributed by atoms with Crippen molar-refractivity contribution in [3.05, 3.63) is 59.7 Å². The summed E-state index contributed by atoms with van der Waals surface area (Å²) in [6, 6.07) is 17.0. The Hall–Kier alpha value is -3.02. The van der Waals surface area contributed by atoms with Crippen molar-refractivity contribution in [1.29, 1.82) is 0 Å². The highest BCUT2D eigenvalue weighted by atomic mass is 16.2. The van der Waals surface area contributed by atoms with E-state index in [0.717, 1.165) is 49.9 Å². The zero-order valence-electron chi connectivity index (χ0n) is 19.8. The number of hydrogen-bond donors (Lipinski definition) is 2. The van der Waals surface area contributed by atoms with Crippen molar-refractivity contribution in [2.24, 2.45) is 0 Å². The molecule has 0 unspecified atom stereocenters. The van der Waals surface area contributed by atoms with Gasteiger partial charge in [0.05, 0.1) is 6.04 Å². The molecule has 4 rings (SSSR count). The molecule has 33 heavy (non-hydrogen) atoms. The summed E-state index contributed by atoms with van der Waals surface area (Å²) in [5, 5.41) is 5.89. The SMILES string of the molecule is CN(C)c1ccc([C@H](CNC(=O)C(=O)NC2CCCCCC2)N2CCc3ccccc32)cc1. The van der Waals surface area contributed by atoms with Gasteiger partial charge in [-0.2, -0.15) is 0 Å². The third-order valence-electron chi connectivity index (χ3n) is 6.95. The van der Waals surface area contributed by atoms with Crippen LogP contribution in [0.5, 0.6) is 0 Å². The number of benzene rings is 2. The maximum absolute atomic E-state index is 12.7. The first-order valence-electron chi connectivity index (χ1n) is 12.2. The molecule has 1 atom stereocenters. The maximum Gasteiger partial charge on any atom is 0.309 e. The Balaban J connectivity index is 1.47. The summed E-state index contributed by atoms with van der Waals surface area (Å²) < 4.78 is 0. The van der Waals surface area contributed by atoms with E-state index in [2.05, 4.69) is 69.0 Å². The third-order valence-corrected chi connectivity index (χ3v) is 6.95. The van der Waals surface area contributed by atoms with Crippen LogP contribution in [0, 0.1) is 0 Å². The zero-order valence-corrected chi connectivity index (χ0v) is 19.8. The van der Waals surface area contributed by atoms with Crippen molar-refractivity contribution >= 4 is 23.2 Å². The van der Waals surface area contributed by atoms with Gasteiger partial charge in [0.15, 0.2) is 0 Å². The van der Waals surface area contributed by atoms with Crippen LogP contribution in [0.2, 0.25) is 0 Å². The number of amides is 2. The van der Waals surface area contributed by atoms with E-state index in [9.17, 15) is 9.59 Å². The van der Waals surface area contributed by atoms with Gasteiger partial charge in [-0.3, -0.25) is 9.59 Å². The molecule has 0 bridgehead atoms. The number of nitrogens with one attached hydrogen (secondary N) is 2. The van der Waals surface area contributed by atoms with E-state index < -0.39 is 11.8 Å². The lowest BCUT2D eigenvalue weighted by atomic mass is 10.0. The standard InChI is InChI=1S/C27H36N4O2/c1-30(2)23-15-13-21(14-16-23)25(31-18-17-20-9-7-8-12-24(20)31)19-28-26(32)27(33)29-22-10-5-3-4-6-11-22/h7-9,12-16,22,25H,3-6,10-11,17-19H2,1-2H3,(H,28,32)(H,29,33)/t25-/m0/s1. The van der Waals surface area contributed by atoms with Crippen LogP contribution in [-0.4, -0.2) is 45.0 Å². The van der Waals surface area contributed by atoms with Gasteiger partial charge in [-0.25, -0.2) is 0 Å². The number of anilines is 2. The van der Waals surface area contributed by atoms with Crippen LogP contribution in [0.25, 0.3) is 0 Å². The number of para-hydroxylation sites is 1. The fourth-order valence-corrected chi connectivity index (χ4v) is 5.03. The normalized spacial score (nSPS) is 17.1. The van der Waals surface area contributed by atoms with Crippen molar-refractivity contribution < 1.29 is 9.59 Å². The van der Waals surface area contributed by atoms with E-state index >= 15 is 0 Å². The van der Waals surface area contributed by atoms with Crippen molar-refractivity contribution in [2.75, 3.05) is 37.0 Å². The molecule has 0 aromatic heterocycles. The summed E-state index contributed by atoms with van der Waals surface area (Å²) in [6.07, 6.45) is 7.57. The summed E-state index contributed by atoms with van der Waals surface area (Å²) in [5.41, 5.74) is 4.79. The fraction of sp³-hybridized carbons (Fsp3) is 0.481. The molecule has 0 radical (unpaired) electrons. The number of carbonyl (C=O) groups excluding carboxylic acids is 2. The van der Waals surface area contributed by atoms with Gasteiger partial charge in [-0.1, -0.05) is 56.0 Å². The Labute approximate surface area is 197 Å². The first-order chi connectivity index (χ1) is 16.0. The second kappa shape index (κ2) is 10.7. The minimum absolute atomic E-state index is 0.0421. The number of carbonyl (C=O) groups is 2. The van der Waals surface area contributed by atoms with E-state index in [1.165, 1.54) is 24.1 Å². The molecule has 2 aromatic carbocycles. The summed E-state index contributed by atoms with van der Waals surface area (Å²) in [7, 11) is 4.05. The fourth-order valence-electron chi connectivity index (χ4n) is 5.03. The Kier molecular flexibility index (Phi) is 7.53. The molecule has 6 heteroatoms. The average Bonchev–Trinajstić information content (AvgIpc) is 3.08. The molecule has 2 amide bonds. The number of hydrogen-bond acceptors (Lipinski definition) is 4. The number of nitrogens with zero attached hydrogens (tertiary/aromatic N) is 2. The van der Waals surface area contributed by atoms with Crippen LogP contribution in [0.3, 0.4) is 0 Å². The molecule has 2 aromatic rings. The van der Waals surface area contributed by atoms with Crippen LogP contribution >= 0.6 is 0 Å². The van der Waals surface area contributed by atoms with E-state index in [1.54, 1.807) is 0 Å². The number of rotatable bonds is 6. The molecule has 0 spiro atoms. The molecule has 1 heterocycles. The minimum Gasteiger partial charge on any atom is -0.378 e. The highest BCUT2D eigenvalue weighted by Crippen LogP contribution is 2.35. The highest BCUT2D eigenvalue weighted by molar-refractivity contribution is 6.35. The largest absolute Gasteiger partial charge is 0.378 e. The van der Waals surface area contributed by atoms with Gasteiger partial charge >= 0.3 is 11.8 Å². The van der Waals surface area contributed by atoms with Gasteiger partial charge < -0.3 is 20.4 Å². The second-order valence-electron chi connectivity index (χ2n) is 9.45. The Morgan fingerprint density at radius 3 is 2.36 bits per heavy atom. The Morgan fingerprint density at radius 1 is 0.970 bits per heavy atom. The second-order valence-corrected chi connectivity index (χ2v) is 9.45. The predicted molar refractivity (Wildman–Crippen MR) is 134 cm³/mol. The molecule has 1 fully saturated rings. The summed E-state index contributed by atoms with van der Waals surface area (Å²) in [6.45, 7) is 1.27. The van der Waals surface area contributed by atoms with E-state index in [-0.39, 0.29) is 12.1 Å². The van der Waals surface area contributed by atoms with Crippen molar-refractivity contribution in [1.82, 2.24) is 10.6 Å². The average molecular weight is 449 g/mol. The van der Waals surface area contributed by atoms with Crippen LogP contribution in [0.1, 0.15) is 55.7 Å². The summed E-state index contributed by atoms with van der Waals surface area (Å²) >= 11 is 0. The third kappa shape index (κ3) is 5.67. The maximum atomic E-state index is 12.7. The molecule has 0 saturated heterocycles. The van der Waals surface area contributed by atoms with Crippen molar-refractivity contribution in [3.63, 3.8) is 0 Å². The molecule has 1 saturated carbocycles. The quantitative estimate of drug-likeness (QED) is 0.521. The van der Waals surface area contributed by atoms with Crippen LogP contribution in [0.4, 0.5) is 11.4 Å². The topological polar surface area (TPSA) is 64.7 Å². The first kappa shape index (κ1) is 23.1. The Bertz CT molecular complexity index is 949. The smallest absolute Gasteiger partial charge is 0.309 e. The number of fused-ring (bicyclic) bond motifs is 1. The molecular formula is C27H36N4O2. The summed E-state index contributed by atoms with van der Waals surface area (Å²) in [5.74, 6) is -1.05. The first-order valence-corrected chi connectivity index (χ1v) is 12.2. The van der Waals surface area contributed by atoms with Crippen LogP contribution in [0.15, 0.2) is 48.5 Å². The van der Waals surface area contributed by atoms with Gasteiger partial charge in [0.25, 0.3) is 0 Å². The lowest BCUT2D eigenvalue weighted by Gasteiger charge is -2.31. The van der Waals surface area contributed by atoms with Gasteiger partial charge in [0.2, 0.25) is 0 Å². The molecule has 1 aliphatic carbocycles. The Morgan fingerprint density at radius 2 is 1.67 bits per heavy atom. The van der Waals surface area contributed by atoms with Crippen molar-refractivity contribution in [3.8, 4) is 0 Å². The van der Waals surface area contributed by atoms with E-state index in [1.807, 2.05) is 14.1 Å². The molecule has 1 aliphatic heterocycles. The monoisotopic (exact) mass is 448 g/mol. The van der Waals surface area contributed by atoms with Gasteiger partial charge in [0, 0.05) is 44.6 Å². The van der Waals surface area contributed by atoms with Gasteiger partial charge in [0.1, 0.15) is 0 Å². The lowest BCUT2D eigenvalue weighted by Crippen LogP contribution is -2.46. The predicted octanol–water partition coefficient (Wildman–Crippen LogP) is 3.81. The molecule has 176 valence electrons. The molecule has 2 N–H and O–H groups in total. The van der Waals surface area contributed by atoms with Gasteiger partial charge in [-0.05, 0) is 48.6 Å². The highest BCUT2D eigenvalue weighted by Gasteiger charge is 2.28. The van der Waals surface area contributed by atoms with Crippen LogP contribution < -0.4 is 20.4 Å². The summed E-state index contributed by atoms with van der Waals surface area (Å²) in [4.78, 5) is 29.7. The minimum atomic E-state index is -0.540. The van der Waals surface area contributed by atoms with E-state index in [4.69, 9.17) is 0 Å². The zero-order chi connectivity index (χ0) is 23.2. The molecular weight excluding hydrogens is 412 g/mol. The van der Waals surface area contributed by atoms with Crippen LogP contribution in [-0.2, 0) is 16.0 Å². The molecule has 6 nitrogen and oxygen atoms in total. The van der Waals surface area contributed by atoms with Crippen molar-refractivity contribution in [2.45, 2.75) is 57.0 Å². The van der Waals surface area contributed by atoms with Gasteiger partial charge in [-0.15, -0.1) is 0 Å². The lowest BCUT2D eigenvalue weighted by molar-refractivity contribution is -0.139.